The van der Waals surface area contributed by atoms with Gasteiger partial charge in [0.15, 0.2) is 0 Å². The molecule has 5 rings (SSSR count). The van der Waals surface area contributed by atoms with E-state index in [0.717, 1.165) is 15.5 Å². The van der Waals surface area contributed by atoms with Crippen molar-refractivity contribution >= 4 is 44.8 Å². The third-order valence-electron chi connectivity index (χ3n) is 5.26. The van der Waals surface area contributed by atoms with Gasteiger partial charge in [0.05, 0.1) is 28.7 Å². The van der Waals surface area contributed by atoms with E-state index in [0.29, 0.717) is 22.5 Å². The summed E-state index contributed by atoms with van der Waals surface area (Å²) in [6.45, 7) is 0. The zero-order valence-electron chi connectivity index (χ0n) is 18.1. The maximum Gasteiger partial charge on any atom is 0.345 e. The van der Waals surface area contributed by atoms with Gasteiger partial charge in [0.1, 0.15) is 11.3 Å². The molecule has 0 unspecified atom stereocenters. The molecule has 0 bridgehead atoms. The molecule has 0 amide bonds. The molecule has 35 heavy (non-hydrogen) atoms. The van der Waals surface area contributed by atoms with Crippen molar-refractivity contribution in [2.45, 2.75) is 0 Å². The van der Waals surface area contributed by atoms with Crippen molar-refractivity contribution in [2.24, 2.45) is 5.10 Å². The molecule has 0 fully saturated rings. The van der Waals surface area contributed by atoms with Gasteiger partial charge >= 0.3 is 11.6 Å². The second-order valence-electron chi connectivity index (χ2n) is 7.59. The highest BCUT2D eigenvalue weighted by Crippen LogP contribution is 2.24. The molecule has 3 aromatic carbocycles. The molecular formula is C26H17BrN4O4. The van der Waals surface area contributed by atoms with E-state index >= 15 is 0 Å². The Kier molecular flexibility index (Phi) is 5.99. The van der Waals surface area contributed by atoms with Gasteiger partial charge in [-0.05, 0) is 60.7 Å². The van der Waals surface area contributed by atoms with Crippen LogP contribution in [0.2, 0.25) is 0 Å². The van der Waals surface area contributed by atoms with Crippen molar-refractivity contribution in [1.82, 2.24) is 9.78 Å². The van der Waals surface area contributed by atoms with Crippen molar-refractivity contribution in [3.63, 3.8) is 0 Å². The minimum Gasteiger partial charge on any atom is -0.478 e. The van der Waals surface area contributed by atoms with E-state index in [1.807, 2.05) is 36.4 Å². The van der Waals surface area contributed by atoms with E-state index in [9.17, 15) is 14.7 Å². The summed E-state index contributed by atoms with van der Waals surface area (Å²) in [4.78, 5) is 24.0. The van der Waals surface area contributed by atoms with Gasteiger partial charge in [-0.2, -0.15) is 10.2 Å². The predicted octanol–water partition coefficient (Wildman–Crippen LogP) is 5.55. The number of carboxylic acids is 1. The Labute approximate surface area is 207 Å². The monoisotopic (exact) mass is 528 g/mol. The van der Waals surface area contributed by atoms with Crippen molar-refractivity contribution in [2.75, 3.05) is 5.43 Å². The molecule has 172 valence electrons. The lowest BCUT2D eigenvalue weighted by Crippen LogP contribution is -2.05. The number of hydrazone groups is 1. The summed E-state index contributed by atoms with van der Waals surface area (Å²) in [5.41, 5.74) is 5.73. The minimum atomic E-state index is -1.02. The van der Waals surface area contributed by atoms with E-state index in [2.05, 4.69) is 31.6 Å². The first-order valence-corrected chi connectivity index (χ1v) is 11.3. The number of carbonyl (C=O) groups is 1. The molecule has 9 heteroatoms. The molecule has 8 nitrogen and oxygen atoms in total. The summed E-state index contributed by atoms with van der Waals surface area (Å²) >= 11 is 3.40. The Balaban J connectivity index is 1.58. The number of anilines is 1. The molecule has 0 atom stereocenters. The van der Waals surface area contributed by atoms with Crippen LogP contribution in [-0.2, 0) is 0 Å². The predicted molar refractivity (Wildman–Crippen MR) is 137 cm³/mol. The second kappa shape index (κ2) is 9.40. The fourth-order valence-corrected chi connectivity index (χ4v) is 3.77. The number of nitrogens with zero attached hydrogens (tertiary/aromatic N) is 3. The molecule has 0 saturated heterocycles. The summed E-state index contributed by atoms with van der Waals surface area (Å²) in [6, 6.07) is 22.8. The molecule has 2 heterocycles. The molecule has 0 aliphatic rings. The lowest BCUT2D eigenvalue weighted by molar-refractivity contribution is 0.0697. The zero-order chi connectivity index (χ0) is 24.4. The van der Waals surface area contributed by atoms with Crippen LogP contribution in [-0.4, -0.2) is 27.1 Å². The number of fused-ring (bicyclic) bond motifs is 1. The number of rotatable bonds is 6. The largest absolute Gasteiger partial charge is 0.478 e. The van der Waals surface area contributed by atoms with E-state index in [1.54, 1.807) is 47.4 Å². The van der Waals surface area contributed by atoms with Crippen LogP contribution in [0.1, 0.15) is 15.9 Å². The Hall–Kier alpha value is -4.50. The van der Waals surface area contributed by atoms with E-state index < -0.39 is 11.6 Å². The quantitative estimate of drug-likeness (QED) is 0.170. The Morgan fingerprint density at radius 2 is 1.80 bits per heavy atom. The fourth-order valence-electron chi connectivity index (χ4n) is 3.51. The summed E-state index contributed by atoms with van der Waals surface area (Å²) in [5, 5.41) is 18.9. The van der Waals surface area contributed by atoms with Gasteiger partial charge in [-0.3, -0.25) is 5.43 Å². The van der Waals surface area contributed by atoms with Crippen LogP contribution >= 0.6 is 15.9 Å². The minimum absolute atomic E-state index is 0.164. The van der Waals surface area contributed by atoms with Crippen molar-refractivity contribution in [3.05, 3.63) is 111 Å². The highest BCUT2D eigenvalue weighted by atomic mass is 79.9. The zero-order valence-corrected chi connectivity index (χ0v) is 19.6. The number of aromatic nitrogens is 2. The molecule has 0 radical (unpaired) electrons. The number of hydrogen-bond donors (Lipinski definition) is 2. The fraction of sp³-hybridized carbons (Fsp3) is 0. The Bertz CT molecular complexity index is 1620. The molecule has 0 saturated carbocycles. The SMILES string of the molecule is O=C(O)c1ccc(-n2cc(/C=N/Nc3ccc(Br)cc3)c(-c3cc4ccccc4oc3=O)n2)cc1. The van der Waals surface area contributed by atoms with Crippen LogP contribution in [0.25, 0.3) is 27.9 Å². The number of halogens is 1. The maximum atomic E-state index is 12.8. The lowest BCUT2D eigenvalue weighted by Gasteiger charge is -2.02. The number of benzene rings is 3. The van der Waals surface area contributed by atoms with Crippen molar-refractivity contribution in [3.8, 4) is 16.9 Å². The molecule has 0 aliphatic heterocycles. The number of aromatic carboxylic acids is 1. The van der Waals surface area contributed by atoms with Gasteiger partial charge in [-0.1, -0.05) is 34.1 Å². The third kappa shape index (κ3) is 4.75. The van der Waals surface area contributed by atoms with E-state index in [1.165, 1.54) is 12.1 Å². The van der Waals surface area contributed by atoms with Crippen LogP contribution in [0.5, 0.6) is 0 Å². The molecule has 2 N–H and O–H groups in total. The molecule has 5 aromatic rings. The molecular weight excluding hydrogens is 512 g/mol. The van der Waals surface area contributed by atoms with Gasteiger partial charge in [0.25, 0.3) is 0 Å². The van der Waals surface area contributed by atoms with Gasteiger partial charge in [-0.15, -0.1) is 0 Å². The number of hydrogen-bond acceptors (Lipinski definition) is 6. The van der Waals surface area contributed by atoms with Gasteiger partial charge in [0.2, 0.25) is 0 Å². The molecule has 0 spiro atoms. The smallest absolute Gasteiger partial charge is 0.345 e. The van der Waals surface area contributed by atoms with Gasteiger partial charge < -0.3 is 9.52 Å². The van der Waals surface area contributed by atoms with Crippen LogP contribution in [0.4, 0.5) is 5.69 Å². The molecule has 2 aromatic heterocycles. The van der Waals surface area contributed by atoms with Crippen LogP contribution in [0, 0.1) is 0 Å². The highest BCUT2D eigenvalue weighted by Gasteiger charge is 2.17. The first kappa shape index (κ1) is 22.3. The Morgan fingerprint density at radius 1 is 1.06 bits per heavy atom. The summed E-state index contributed by atoms with van der Waals surface area (Å²) < 4.78 is 8.03. The van der Waals surface area contributed by atoms with Gasteiger partial charge in [-0.25, -0.2) is 14.3 Å². The van der Waals surface area contributed by atoms with Crippen molar-refractivity contribution < 1.29 is 14.3 Å². The van der Waals surface area contributed by atoms with Crippen molar-refractivity contribution in [1.29, 1.82) is 0 Å². The molecule has 0 aliphatic carbocycles. The summed E-state index contributed by atoms with van der Waals surface area (Å²) in [5.74, 6) is -1.02. The number of para-hydroxylation sites is 1. The lowest BCUT2D eigenvalue weighted by atomic mass is 10.1. The standard InChI is InChI=1S/C26H17BrN4O4/c27-19-7-9-20(10-8-19)29-28-14-18-15-31(21-11-5-16(6-12-21)25(32)33)30-24(18)22-13-17-3-1-2-4-23(17)35-26(22)34/h1-15,29H,(H,32,33)/b28-14+. The number of nitrogens with one attached hydrogen (secondary N) is 1. The maximum absolute atomic E-state index is 12.8. The number of carboxylic acid groups (broad SMARTS) is 1. The first-order chi connectivity index (χ1) is 17.0. The average Bonchev–Trinajstić information content (AvgIpc) is 3.28. The highest BCUT2D eigenvalue weighted by molar-refractivity contribution is 9.10. The summed E-state index contributed by atoms with van der Waals surface area (Å²) in [7, 11) is 0. The third-order valence-corrected chi connectivity index (χ3v) is 5.79. The Morgan fingerprint density at radius 3 is 2.54 bits per heavy atom. The topological polar surface area (TPSA) is 110 Å². The average molecular weight is 529 g/mol. The second-order valence-corrected chi connectivity index (χ2v) is 8.51. The van der Waals surface area contributed by atoms with E-state index in [-0.39, 0.29) is 11.1 Å². The summed E-state index contributed by atoms with van der Waals surface area (Å²) in [6.07, 6.45) is 3.29. The van der Waals surface area contributed by atoms with Crippen LogP contribution in [0.3, 0.4) is 0 Å². The first-order valence-electron chi connectivity index (χ1n) is 10.5. The van der Waals surface area contributed by atoms with Crippen LogP contribution in [0.15, 0.2) is 104 Å². The van der Waals surface area contributed by atoms with E-state index in [4.69, 9.17) is 4.42 Å². The van der Waals surface area contributed by atoms with Gasteiger partial charge in [0, 0.05) is 21.6 Å². The van der Waals surface area contributed by atoms with Crippen LogP contribution < -0.4 is 11.1 Å². The normalized spacial score (nSPS) is 11.2.